The largest absolute Gasteiger partial charge is 0.387 e. The van der Waals surface area contributed by atoms with Gasteiger partial charge in [-0.15, -0.1) is 0 Å². The van der Waals surface area contributed by atoms with E-state index in [1.54, 1.807) is 0 Å². The monoisotopic (exact) mass is 216 g/mol. The van der Waals surface area contributed by atoms with Gasteiger partial charge in [0.15, 0.2) is 0 Å². The van der Waals surface area contributed by atoms with Crippen LogP contribution in [0.2, 0.25) is 0 Å². The Hall–Kier alpha value is -1.31. The molecule has 86 valence electrons. The van der Waals surface area contributed by atoms with Crippen LogP contribution in [-0.2, 0) is 0 Å². The molecule has 0 aromatic heterocycles. The Morgan fingerprint density at radius 2 is 1.75 bits per heavy atom. The van der Waals surface area contributed by atoms with Crippen LogP contribution < -0.4 is 5.73 Å². The topological polar surface area (TPSA) is 38.4 Å². The number of hydrogen-bond donors (Lipinski definition) is 1. The van der Waals surface area contributed by atoms with Crippen molar-refractivity contribution in [1.82, 2.24) is 0 Å². The van der Waals surface area contributed by atoms with Crippen molar-refractivity contribution in [2.24, 2.45) is 16.6 Å². The highest BCUT2D eigenvalue weighted by atomic mass is 14.9. The van der Waals surface area contributed by atoms with Gasteiger partial charge in [0, 0.05) is 5.92 Å². The van der Waals surface area contributed by atoms with Gasteiger partial charge in [-0.25, -0.2) is 4.99 Å². The highest BCUT2D eigenvalue weighted by Gasteiger charge is 2.16. The molecule has 1 aromatic rings. The number of amidine groups is 1. The number of nitrogens with zero attached hydrogens (tertiary/aromatic N) is 1. The minimum atomic E-state index is 0.509. The van der Waals surface area contributed by atoms with Crippen molar-refractivity contribution in [2.75, 3.05) is 0 Å². The molecule has 0 amide bonds. The summed E-state index contributed by atoms with van der Waals surface area (Å²) in [5.74, 6) is 1.33. The van der Waals surface area contributed by atoms with Gasteiger partial charge >= 0.3 is 0 Å². The molecule has 2 N–H and O–H groups in total. The van der Waals surface area contributed by atoms with Crippen LogP contribution in [0.5, 0.6) is 0 Å². The zero-order valence-electron chi connectivity index (χ0n) is 9.95. The lowest BCUT2D eigenvalue weighted by molar-refractivity contribution is 0.437. The number of rotatable bonds is 2. The van der Waals surface area contributed by atoms with Crippen molar-refractivity contribution in [3.05, 3.63) is 29.8 Å². The normalized spacial score (nSPS) is 18.7. The molecule has 0 aliphatic heterocycles. The van der Waals surface area contributed by atoms with Crippen LogP contribution >= 0.6 is 0 Å². The third kappa shape index (κ3) is 2.84. The number of aliphatic imine (C=N–C) groups is 1. The maximum Gasteiger partial charge on any atom is 0.103 e. The predicted molar refractivity (Wildman–Crippen MR) is 69.0 cm³/mol. The highest BCUT2D eigenvalue weighted by Crippen LogP contribution is 2.25. The number of nitrogens with two attached hydrogens (primary N) is 1. The zero-order valence-corrected chi connectivity index (χ0v) is 9.95. The molecule has 0 heterocycles. The van der Waals surface area contributed by atoms with Crippen LogP contribution in [0.3, 0.4) is 0 Å². The molecule has 1 aliphatic rings. The van der Waals surface area contributed by atoms with Crippen molar-refractivity contribution >= 4 is 11.5 Å². The van der Waals surface area contributed by atoms with E-state index in [9.17, 15) is 0 Å². The van der Waals surface area contributed by atoms with E-state index in [-0.39, 0.29) is 0 Å². The summed E-state index contributed by atoms with van der Waals surface area (Å²) in [5, 5.41) is 0. The predicted octanol–water partition coefficient (Wildman–Crippen LogP) is 3.56. The van der Waals surface area contributed by atoms with Gasteiger partial charge in [0.25, 0.3) is 0 Å². The lowest BCUT2D eigenvalue weighted by Gasteiger charge is -2.20. The SMILES string of the molecule is Cc1ccc(N=C(N)C2CCCCC2)cc1. The fraction of sp³-hybridized carbons (Fsp3) is 0.500. The molecule has 16 heavy (non-hydrogen) atoms. The van der Waals surface area contributed by atoms with Gasteiger partial charge in [-0.1, -0.05) is 37.0 Å². The summed E-state index contributed by atoms with van der Waals surface area (Å²) >= 11 is 0. The molecule has 0 radical (unpaired) electrons. The van der Waals surface area contributed by atoms with Crippen LogP contribution in [-0.4, -0.2) is 5.84 Å². The number of benzene rings is 1. The summed E-state index contributed by atoms with van der Waals surface area (Å²) in [5.41, 5.74) is 8.31. The molecule has 1 aromatic carbocycles. The first-order chi connectivity index (χ1) is 7.75. The molecule has 0 spiro atoms. The lowest BCUT2D eigenvalue weighted by Crippen LogP contribution is -2.25. The van der Waals surface area contributed by atoms with Gasteiger partial charge in [-0.05, 0) is 31.9 Å². The zero-order chi connectivity index (χ0) is 11.4. The van der Waals surface area contributed by atoms with E-state index < -0.39 is 0 Å². The Bertz CT molecular complexity index is 359. The van der Waals surface area contributed by atoms with Gasteiger partial charge < -0.3 is 5.73 Å². The van der Waals surface area contributed by atoms with Gasteiger partial charge in [0.05, 0.1) is 5.69 Å². The first-order valence-electron chi connectivity index (χ1n) is 6.16. The van der Waals surface area contributed by atoms with Gasteiger partial charge in [0.1, 0.15) is 5.84 Å². The summed E-state index contributed by atoms with van der Waals surface area (Å²) in [6.07, 6.45) is 6.38. The molecule has 0 unspecified atom stereocenters. The fourth-order valence-electron chi connectivity index (χ4n) is 2.26. The van der Waals surface area contributed by atoms with E-state index in [0.717, 1.165) is 11.5 Å². The van der Waals surface area contributed by atoms with E-state index in [1.165, 1.54) is 37.7 Å². The molecule has 0 saturated heterocycles. The molecule has 0 atom stereocenters. The smallest absolute Gasteiger partial charge is 0.103 e. The quantitative estimate of drug-likeness (QED) is 0.595. The number of aryl methyl sites for hydroxylation is 1. The molecule has 1 fully saturated rings. The van der Waals surface area contributed by atoms with E-state index in [1.807, 2.05) is 12.1 Å². The second-order valence-electron chi connectivity index (χ2n) is 4.71. The van der Waals surface area contributed by atoms with Crippen LogP contribution in [0.4, 0.5) is 5.69 Å². The molecule has 2 heteroatoms. The molecule has 2 nitrogen and oxygen atoms in total. The Kier molecular flexibility index (Phi) is 3.60. The maximum atomic E-state index is 6.07. The average Bonchev–Trinajstić information content (AvgIpc) is 2.33. The minimum Gasteiger partial charge on any atom is -0.387 e. The lowest BCUT2D eigenvalue weighted by atomic mass is 9.88. The van der Waals surface area contributed by atoms with Crippen molar-refractivity contribution in [1.29, 1.82) is 0 Å². The first-order valence-corrected chi connectivity index (χ1v) is 6.16. The molecule has 0 bridgehead atoms. The molecule has 2 rings (SSSR count). The van der Waals surface area contributed by atoms with Gasteiger partial charge in [-0.3, -0.25) is 0 Å². The summed E-state index contributed by atoms with van der Waals surface area (Å²) in [6.45, 7) is 2.08. The van der Waals surface area contributed by atoms with Crippen molar-refractivity contribution in [3.63, 3.8) is 0 Å². The van der Waals surface area contributed by atoms with E-state index >= 15 is 0 Å². The third-order valence-corrected chi connectivity index (χ3v) is 3.32. The van der Waals surface area contributed by atoms with Crippen molar-refractivity contribution < 1.29 is 0 Å². The Morgan fingerprint density at radius 1 is 1.12 bits per heavy atom. The van der Waals surface area contributed by atoms with Crippen LogP contribution in [0.25, 0.3) is 0 Å². The Morgan fingerprint density at radius 3 is 2.38 bits per heavy atom. The standard InChI is InChI=1S/C14H20N2/c1-11-7-9-13(10-8-11)16-14(15)12-5-3-2-4-6-12/h7-10,12H,2-6H2,1H3,(H2,15,16). The highest BCUT2D eigenvalue weighted by molar-refractivity contribution is 5.85. The third-order valence-electron chi connectivity index (χ3n) is 3.32. The van der Waals surface area contributed by atoms with Crippen LogP contribution in [0.15, 0.2) is 29.3 Å². The second-order valence-corrected chi connectivity index (χ2v) is 4.71. The van der Waals surface area contributed by atoms with Crippen LogP contribution in [0, 0.1) is 12.8 Å². The van der Waals surface area contributed by atoms with Crippen molar-refractivity contribution in [3.8, 4) is 0 Å². The molecule has 1 aliphatic carbocycles. The first kappa shape index (κ1) is 11.2. The minimum absolute atomic E-state index is 0.509. The second kappa shape index (κ2) is 5.15. The van der Waals surface area contributed by atoms with E-state index in [2.05, 4.69) is 24.0 Å². The summed E-state index contributed by atoms with van der Waals surface area (Å²) in [6, 6.07) is 8.22. The average molecular weight is 216 g/mol. The molecular weight excluding hydrogens is 196 g/mol. The van der Waals surface area contributed by atoms with Gasteiger partial charge in [0.2, 0.25) is 0 Å². The fourth-order valence-corrected chi connectivity index (χ4v) is 2.26. The van der Waals surface area contributed by atoms with Gasteiger partial charge in [-0.2, -0.15) is 0 Å². The van der Waals surface area contributed by atoms with Crippen LogP contribution in [0.1, 0.15) is 37.7 Å². The van der Waals surface area contributed by atoms with E-state index in [4.69, 9.17) is 5.73 Å². The summed E-state index contributed by atoms with van der Waals surface area (Å²) < 4.78 is 0. The molecule has 1 saturated carbocycles. The summed E-state index contributed by atoms with van der Waals surface area (Å²) in [7, 11) is 0. The molecular formula is C14H20N2. The Labute approximate surface area is 97.6 Å². The van der Waals surface area contributed by atoms with Crippen molar-refractivity contribution in [2.45, 2.75) is 39.0 Å². The maximum absolute atomic E-state index is 6.07. The number of hydrogen-bond acceptors (Lipinski definition) is 1. The van der Waals surface area contributed by atoms with E-state index in [0.29, 0.717) is 5.92 Å². The summed E-state index contributed by atoms with van der Waals surface area (Å²) in [4.78, 5) is 4.52. The Balaban J connectivity index is 2.07.